The van der Waals surface area contributed by atoms with Crippen LogP contribution in [0.15, 0.2) is 0 Å². The number of carbonyl (C=O) groups is 1. The normalized spacial score (nSPS) is 22.6. The lowest BCUT2D eigenvalue weighted by Crippen LogP contribution is -2.42. The second-order valence-electron chi connectivity index (χ2n) is 10.4. The van der Waals surface area contributed by atoms with Crippen LogP contribution in [0.3, 0.4) is 0 Å². The molecule has 4 nitrogen and oxygen atoms in total. The molecule has 0 radical (unpaired) electrons. The number of hydrogen-bond donors (Lipinski definition) is 3. The summed E-state index contributed by atoms with van der Waals surface area (Å²) < 4.78 is 0. The molecule has 2 fully saturated rings. The number of thiocarbonyl (C=S) groups is 1. The first kappa shape index (κ1) is 25.4. The maximum absolute atomic E-state index is 12.0. The van der Waals surface area contributed by atoms with Gasteiger partial charge in [0.1, 0.15) is 0 Å². The number of hydrogen-bond acceptors (Lipinski definition) is 2. The molecule has 174 valence electrons. The maximum atomic E-state index is 12.0. The van der Waals surface area contributed by atoms with Gasteiger partial charge in [0.25, 0.3) is 0 Å². The van der Waals surface area contributed by atoms with Gasteiger partial charge in [-0.25, -0.2) is 0 Å². The predicted molar refractivity (Wildman–Crippen MR) is 130 cm³/mol. The minimum absolute atomic E-state index is 0.290. The topological polar surface area (TPSA) is 61.4 Å². The van der Waals surface area contributed by atoms with Crippen molar-refractivity contribution < 1.29 is 9.90 Å². The molecule has 0 saturated heterocycles. The largest absolute Gasteiger partial charge is 0.481 e. The molecule has 2 atom stereocenters. The Bertz CT molecular complexity index is 543. The Hall–Kier alpha value is -0.840. The fourth-order valence-corrected chi connectivity index (χ4v) is 6.09. The molecule has 2 unspecified atom stereocenters. The molecule has 0 bridgehead atoms. The summed E-state index contributed by atoms with van der Waals surface area (Å²) in [6.45, 7) is 8.28. The first-order valence-corrected chi connectivity index (χ1v) is 13.0. The van der Waals surface area contributed by atoms with Crippen LogP contribution in [0.2, 0.25) is 0 Å². The highest BCUT2D eigenvalue weighted by Crippen LogP contribution is 2.44. The number of nitrogens with one attached hydrogen (secondary N) is 2. The van der Waals surface area contributed by atoms with Crippen LogP contribution in [0.5, 0.6) is 0 Å². The third-order valence-electron chi connectivity index (χ3n) is 8.53. The molecule has 2 rings (SSSR count). The minimum Gasteiger partial charge on any atom is -0.481 e. The van der Waals surface area contributed by atoms with Crippen LogP contribution in [0, 0.1) is 22.7 Å². The first-order chi connectivity index (χ1) is 14.3. The van der Waals surface area contributed by atoms with E-state index in [1.807, 2.05) is 6.92 Å². The predicted octanol–water partition coefficient (Wildman–Crippen LogP) is 6.29. The summed E-state index contributed by atoms with van der Waals surface area (Å²) in [7, 11) is 0. The van der Waals surface area contributed by atoms with Crippen molar-refractivity contribution in [2.24, 2.45) is 22.7 Å². The van der Waals surface area contributed by atoms with Gasteiger partial charge in [-0.05, 0) is 81.3 Å². The molecule has 30 heavy (non-hydrogen) atoms. The Morgan fingerprint density at radius 2 is 1.43 bits per heavy atom. The first-order valence-electron chi connectivity index (χ1n) is 12.6. The van der Waals surface area contributed by atoms with E-state index < -0.39 is 11.4 Å². The van der Waals surface area contributed by atoms with E-state index in [9.17, 15) is 9.90 Å². The van der Waals surface area contributed by atoms with Crippen LogP contribution in [-0.4, -0.2) is 29.3 Å². The van der Waals surface area contributed by atoms with Crippen molar-refractivity contribution in [2.45, 2.75) is 111 Å². The average Bonchev–Trinajstić information content (AvgIpc) is 2.77. The molecule has 0 heterocycles. The third-order valence-corrected chi connectivity index (χ3v) is 8.82. The van der Waals surface area contributed by atoms with E-state index in [0.29, 0.717) is 29.4 Å². The van der Waals surface area contributed by atoms with Crippen LogP contribution in [0.4, 0.5) is 0 Å². The second kappa shape index (κ2) is 12.3. The van der Waals surface area contributed by atoms with E-state index in [0.717, 1.165) is 31.7 Å². The van der Waals surface area contributed by atoms with Gasteiger partial charge in [0, 0.05) is 13.1 Å². The van der Waals surface area contributed by atoms with Crippen molar-refractivity contribution in [2.75, 3.05) is 13.1 Å². The number of rotatable bonds is 11. The maximum Gasteiger partial charge on any atom is 0.309 e. The van der Waals surface area contributed by atoms with E-state index in [1.165, 1.54) is 64.2 Å². The Labute approximate surface area is 190 Å². The average molecular weight is 439 g/mol. The Morgan fingerprint density at radius 3 is 1.97 bits per heavy atom. The van der Waals surface area contributed by atoms with Gasteiger partial charge in [-0.2, -0.15) is 0 Å². The van der Waals surface area contributed by atoms with Gasteiger partial charge < -0.3 is 15.7 Å². The number of aliphatic carboxylic acids is 1. The van der Waals surface area contributed by atoms with Gasteiger partial charge in [-0.3, -0.25) is 4.79 Å². The zero-order valence-corrected chi connectivity index (χ0v) is 20.5. The highest BCUT2D eigenvalue weighted by Gasteiger charge is 2.41. The molecule has 0 aromatic heterocycles. The summed E-state index contributed by atoms with van der Waals surface area (Å²) in [5, 5.41) is 17.1. The van der Waals surface area contributed by atoms with Crippen LogP contribution < -0.4 is 10.6 Å². The van der Waals surface area contributed by atoms with Gasteiger partial charge in [0.2, 0.25) is 0 Å². The van der Waals surface area contributed by atoms with Crippen molar-refractivity contribution >= 4 is 23.3 Å². The highest BCUT2D eigenvalue weighted by molar-refractivity contribution is 7.80. The molecule has 0 aromatic carbocycles. The fourth-order valence-electron chi connectivity index (χ4n) is 5.89. The van der Waals surface area contributed by atoms with Gasteiger partial charge in [-0.1, -0.05) is 58.8 Å². The minimum atomic E-state index is -0.656. The summed E-state index contributed by atoms with van der Waals surface area (Å²) in [4.78, 5) is 12.0. The molecule has 0 aliphatic heterocycles. The molecule has 2 saturated carbocycles. The molecular formula is C25H46N2O2S. The number of carboxylic acids is 1. The molecule has 5 heteroatoms. The van der Waals surface area contributed by atoms with Gasteiger partial charge in [-0.15, -0.1) is 0 Å². The summed E-state index contributed by atoms with van der Waals surface area (Å²) in [6, 6.07) is 0. The van der Waals surface area contributed by atoms with Crippen molar-refractivity contribution in [3.63, 3.8) is 0 Å². The highest BCUT2D eigenvalue weighted by atomic mass is 32.1. The molecule has 0 aromatic rings. The molecule has 0 amide bonds. The van der Waals surface area contributed by atoms with Crippen molar-refractivity contribution in [1.82, 2.24) is 10.6 Å². The zero-order valence-electron chi connectivity index (χ0n) is 19.7. The van der Waals surface area contributed by atoms with Crippen molar-refractivity contribution in [3.05, 3.63) is 0 Å². The lowest BCUT2D eigenvalue weighted by molar-refractivity contribution is -0.152. The van der Waals surface area contributed by atoms with E-state index in [4.69, 9.17) is 12.2 Å². The fraction of sp³-hybridized carbons (Fsp3) is 0.920. The van der Waals surface area contributed by atoms with Crippen LogP contribution in [-0.2, 0) is 4.79 Å². The third kappa shape index (κ3) is 7.10. The second-order valence-corrected chi connectivity index (χ2v) is 10.8. The standard InChI is InChI=1S/C25H46N2O2S/c1-4-24(2,20-12-7-5-8-13-20)16-11-18-26-23(30)27-19-17-25(3,22(28)29)21-14-9-6-10-15-21/h20-21H,4-19H2,1-3H3,(H,28,29)(H2,26,27,30). The Morgan fingerprint density at radius 1 is 0.900 bits per heavy atom. The lowest BCUT2D eigenvalue weighted by Gasteiger charge is -2.40. The number of carboxylic acid groups (broad SMARTS) is 1. The molecule has 2 aliphatic rings. The van der Waals surface area contributed by atoms with Crippen LogP contribution in [0.1, 0.15) is 111 Å². The quantitative estimate of drug-likeness (QED) is 0.261. The van der Waals surface area contributed by atoms with Crippen molar-refractivity contribution in [1.29, 1.82) is 0 Å². The SMILES string of the molecule is CCC(C)(CCCNC(=S)NCCC(C)(C(=O)O)C1CCCCC1)C1CCCCC1. The smallest absolute Gasteiger partial charge is 0.309 e. The van der Waals surface area contributed by atoms with Gasteiger partial charge in [0.05, 0.1) is 5.41 Å². The van der Waals surface area contributed by atoms with Gasteiger partial charge >= 0.3 is 5.97 Å². The molecular weight excluding hydrogens is 392 g/mol. The van der Waals surface area contributed by atoms with Crippen LogP contribution >= 0.6 is 12.2 Å². The summed E-state index contributed by atoms with van der Waals surface area (Å²) >= 11 is 5.46. The monoisotopic (exact) mass is 438 g/mol. The van der Waals surface area contributed by atoms with Gasteiger partial charge in [0.15, 0.2) is 5.11 Å². The Balaban J connectivity index is 1.68. The molecule has 2 aliphatic carbocycles. The molecule has 3 N–H and O–H groups in total. The summed E-state index contributed by atoms with van der Waals surface area (Å²) in [6.07, 6.45) is 17.0. The van der Waals surface area contributed by atoms with E-state index in [-0.39, 0.29) is 0 Å². The van der Waals surface area contributed by atoms with Crippen molar-refractivity contribution in [3.8, 4) is 0 Å². The molecule has 0 spiro atoms. The summed E-state index contributed by atoms with van der Waals surface area (Å²) in [5.74, 6) is 0.519. The summed E-state index contributed by atoms with van der Waals surface area (Å²) in [5.41, 5.74) is -0.188. The lowest BCUT2D eigenvalue weighted by atomic mass is 9.66. The van der Waals surface area contributed by atoms with E-state index in [2.05, 4.69) is 24.5 Å². The van der Waals surface area contributed by atoms with E-state index >= 15 is 0 Å². The Kier molecular flexibility index (Phi) is 10.4. The van der Waals surface area contributed by atoms with E-state index in [1.54, 1.807) is 0 Å². The zero-order chi connectivity index (χ0) is 22.0. The van der Waals surface area contributed by atoms with Crippen LogP contribution in [0.25, 0.3) is 0 Å².